The Morgan fingerprint density at radius 1 is 0.353 bits per heavy atom. The molecule has 0 aromatic heterocycles. The molecule has 0 saturated heterocycles. The van der Waals surface area contributed by atoms with E-state index in [0.717, 1.165) is 0 Å². The molecule has 0 N–H and O–H groups in total. The lowest BCUT2D eigenvalue weighted by molar-refractivity contribution is 0.772. The van der Waals surface area contributed by atoms with Crippen molar-refractivity contribution in [1.29, 1.82) is 0 Å². The molecule has 0 aliphatic rings. The Hall–Kier alpha value is 0. The summed E-state index contributed by atoms with van der Waals surface area (Å²) in [6.07, 6.45) is 9.35. The second kappa shape index (κ2) is 73.5. The molecule has 0 spiro atoms. The van der Waals surface area contributed by atoms with E-state index < -0.39 is 0 Å². The van der Waals surface area contributed by atoms with Crippen molar-refractivity contribution in [3.8, 4) is 0 Å². The Morgan fingerprint density at radius 2 is 0.529 bits per heavy atom. The first kappa shape index (κ1) is 30.2. The molecule has 0 unspecified atom stereocenters. The van der Waals surface area contributed by atoms with Crippen LogP contribution in [0, 0.1) is 0 Å². The van der Waals surface area contributed by atoms with Crippen molar-refractivity contribution in [3.63, 3.8) is 0 Å². The predicted molar refractivity (Wildman–Crippen MR) is 89.1 cm³/mol. The minimum Gasteiger partial charge on any atom is -0.0683 e. The number of hydrogen-bond donors (Lipinski definition) is 0. The Balaban J connectivity index is -0.0000000371. The van der Waals surface area contributed by atoms with Crippen molar-refractivity contribution < 1.29 is 0 Å². The van der Waals surface area contributed by atoms with Gasteiger partial charge in [0.15, 0.2) is 0 Å². The van der Waals surface area contributed by atoms with Gasteiger partial charge in [0, 0.05) is 0 Å². The first-order valence-electron chi connectivity index (χ1n) is 8.24. The van der Waals surface area contributed by atoms with E-state index in [9.17, 15) is 0 Å². The second-order valence-electron chi connectivity index (χ2n) is 3.35. The molecule has 0 saturated carbocycles. The van der Waals surface area contributed by atoms with Crippen LogP contribution in [0.4, 0.5) is 0 Å². The molecule has 0 nitrogen and oxygen atoms in total. The highest BCUT2D eigenvalue weighted by Gasteiger charge is 1.68. The molecule has 17 heavy (non-hydrogen) atoms. The van der Waals surface area contributed by atoms with Gasteiger partial charge in [-0.25, -0.2) is 0 Å². The lowest BCUT2D eigenvalue weighted by atomic mass is 10.3. The Bertz CT molecular complexity index is 29.3. The van der Waals surface area contributed by atoms with Crippen molar-refractivity contribution in [2.45, 2.75) is 114 Å². The van der Waals surface area contributed by atoms with E-state index in [4.69, 9.17) is 0 Å². The van der Waals surface area contributed by atoms with Crippen LogP contribution in [0.25, 0.3) is 0 Å². The third kappa shape index (κ3) is 196. The van der Waals surface area contributed by atoms with Gasteiger partial charge in [0.05, 0.1) is 0 Å². The van der Waals surface area contributed by atoms with Gasteiger partial charge >= 0.3 is 0 Å². The summed E-state index contributed by atoms with van der Waals surface area (Å²) >= 11 is 0. The van der Waals surface area contributed by atoms with Gasteiger partial charge in [-0.1, -0.05) is 114 Å². The summed E-state index contributed by atoms with van der Waals surface area (Å²) in [7, 11) is 0. The third-order valence-corrected chi connectivity index (χ3v) is 1.71. The van der Waals surface area contributed by atoms with Crippen LogP contribution in [0.5, 0.6) is 0 Å². The van der Waals surface area contributed by atoms with E-state index in [0.29, 0.717) is 0 Å². The molecule has 0 aliphatic carbocycles. The fourth-order valence-corrected chi connectivity index (χ4v) is 0.354. The zero-order valence-corrected chi connectivity index (χ0v) is 14.9. The maximum absolute atomic E-state index is 2.21. The Morgan fingerprint density at radius 3 is 0.529 bits per heavy atom. The lowest BCUT2D eigenvalue weighted by Gasteiger charge is -1.79. The quantitative estimate of drug-likeness (QED) is 0.475. The zero-order chi connectivity index (χ0) is 14.9. The van der Waals surface area contributed by atoms with E-state index in [1.807, 2.05) is 27.7 Å². The summed E-state index contributed by atoms with van der Waals surface area (Å²) in [6, 6.07) is 0. The summed E-state index contributed by atoms with van der Waals surface area (Å²) in [5, 5.41) is 0. The summed E-state index contributed by atoms with van der Waals surface area (Å²) in [6.45, 7) is 21.1. The maximum Gasteiger partial charge on any atom is -0.0538 e. The normalized spacial score (nSPS) is 6.71. The van der Waals surface area contributed by atoms with E-state index >= 15 is 0 Å². The molecule has 0 radical (unpaired) electrons. The van der Waals surface area contributed by atoms with E-state index in [1.54, 1.807) is 0 Å². The largest absolute Gasteiger partial charge is 0.0683 e. The van der Waals surface area contributed by atoms with Crippen molar-refractivity contribution in [1.82, 2.24) is 0 Å². The van der Waals surface area contributed by atoms with Gasteiger partial charge in [-0.15, -0.1) is 0 Å². The molecule has 0 aromatic carbocycles. The average molecular weight is 249 g/mol. The molecule has 0 aromatic rings. The van der Waals surface area contributed by atoms with Gasteiger partial charge in [-0.05, 0) is 0 Å². The smallest absolute Gasteiger partial charge is 0.0538 e. The number of unbranched alkanes of at least 4 members (excludes halogenated alkanes) is 4. The summed E-state index contributed by atoms with van der Waals surface area (Å²) in [4.78, 5) is 0. The van der Waals surface area contributed by atoms with Crippen LogP contribution in [0.2, 0.25) is 0 Å². The third-order valence-electron chi connectivity index (χ3n) is 1.71. The monoisotopic (exact) mass is 248 g/mol. The molecule has 0 aliphatic heterocycles. The fraction of sp³-hybridized carbons (Fsp3) is 1.00. The van der Waals surface area contributed by atoms with Crippen LogP contribution >= 0.6 is 0 Å². The second-order valence-corrected chi connectivity index (χ2v) is 3.35. The van der Waals surface area contributed by atoms with E-state index in [2.05, 4.69) is 41.5 Å². The molecule has 0 bridgehead atoms. The standard InChI is InChI=1S/C5H12.2C4H10.2C2H6/c1-3-5-4-2;2*1-3-4-2;2*1-2/h3-5H2,1-2H3;2*3-4H2,1-2H3;2*1-2H3. The molecule has 0 heterocycles. The number of rotatable bonds is 4. The predicted octanol–water partition coefficient (Wildman–Crippen LogP) is 7.86. The van der Waals surface area contributed by atoms with Crippen molar-refractivity contribution >= 4 is 0 Å². The highest BCUT2D eigenvalue weighted by Crippen LogP contribution is 1.88. The highest BCUT2D eigenvalue weighted by atomic mass is 13.7. The molecule has 0 rings (SSSR count). The SMILES string of the molecule is CC.CC.CCCC.CCCC.CCCCC. The fourth-order valence-electron chi connectivity index (χ4n) is 0.354. The van der Waals surface area contributed by atoms with Crippen molar-refractivity contribution in [3.05, 3.63) is 0 Å². The van der Waals surface area contributed by atoms with E-state index in [-0.39, 0.29) is 0 Å². The Labute approximate surface area is 115 Å². The van der Waals surface area contributed by atoms with Crippen LogP contribution in [0.15, 0.2) is 0 Å². The minimum absolute atomic E-state index is 1.32. The maximum atomic E-state index is 2.21. The van der Waals surface area contributed by atoms with Gasteiger partial charge < -0.3 is 0 Å². The van der Waals surface area contributed by atoms with Crippen molar-refractivity contribution in [2.75, 3.05) is 0 Å². The van der Waals surface area contributed by atoms with Crippen LogP contribution in [0.3, 0.4) is 0 Å². The van der Waals surface area contributed by atoms with Gasteiger partial charge in [0.25, 0.3) is 0 Å². The molecular formula is C17H44. The Kier molecular flexibility index (Phi) is 131. The molecule has 0 fully saturated rings. The highest BCUT2D eigenvalue weighted by molar-refractivity contribution is 4.24. The summed E-state index contributed by atoms with van der Waals surface area (Å²) < 4.78 is 0. The first-order valence-corrected chi connectivity index (χ1v) is 8.24. The van der Waals surface area contributed by atoms with Gasteiger partial charge in [0.2, 0.25) is 0 Å². The lowest BCUT2D eigenvalue weighted by Crippen LogP contribution is -1.59. The van der Waals surface area contributed by atoms with Gasteiger partial charge in [-0.2, -0.15) is 0 Å². The zero-order valence-electron chi connectivity index (χ0n) is 14.9. The topological polar surface area (TPSA) is 0 Å². The minimum atomic E-state index is 1.32. The van der Waals surface area contributed by atoms with Crippen LogP contribution in [0.1, 0.15) is 114 Å². The van der Waals surface area contributed by atoms with E-state index in [1.165, 1.54) is 44.9 Å². The average Bonchev–Trinajstić information content (AvgIpc) is 2.44. The molecule has 0 atom stereocenters. The van der Waals surface area contributed by atoms with Crippen LogP contribution in [-0.2, 0) is 0 Å². The number of hydrogen-bond acceptors (Lipinski definition) is 0. The van der Waals surface area contributed by atoms with Gasteiger partial charge in [-0.3, -0.25) is 0 Å². The van der Waals surface area contributed by atoms with Gasteiger partial charge in [0.1, 0.15) is 0 Å². The van der Waals surface area contributed by atoms with Crippen LogP contribution in [-0.4, -0.2) is 0 Å². The molecule has 0 amide bonds. The summed E-state index contributed by atoms with van der Waals surface area (Å²) in [5.74, 6) is 0. The summed E-state index contributed by atoms with van der Waals surface area (Å²) in [5.41, 5.74) is 0. The molecule has 112 valence electrons. The molecular weight excluding hydrogens is 204 g/mol. The molecule has 0 heteroatoms. The first-order chi connectivity index (χ1) is 8.24. The van der Waals surface area contributed by atoms with Crippen molar-refractivity contribution in [2.24, 2.45) is 0 Å². The van der Waals surface area contributed by atoms with Crippen LogP contribution < -0.4 is 0 Å².